The average Bonchev–Trinajstić information content (AvgIpc) is 3.19. The first-order valence-corrected chi connectivity index (χ1v) is 8.94. The maximum absolute atomic E-state index is 14.0. The molecule has 6 heteroatoms. The van der Waals surface area contributed by atoms with Crippen LogP contribution in [0.5, 0.6) is 0 Å². The third-order valence-electron chi connectivity index (χ3n) is 4.93. The molecular formula is C21H19F2N3O. The summed E-state index contributed by atoms with van der Waals surface area (Å²) in [6, 6.07) is 8.99. The molecule has 27 heavy (non-hydrogen) atoms. The van der Waals surface area contributed by atoms with E-state index in [0.29, 0.717) is 11.4 Å². The Morgan fingerprint density at radius 2 is 1.93 bits per heavy atom. The van der Waals surface area contributed by atoms with Gasteiger partial charge in [-0.3, -0.25) is 4.79 Å². The number of pyridine rings is 1. The number of likely N-dealkylation sites (tertiary alicyclic amines) is 1. The molecule has 0 saturated carbocycles. The zero-order chi connectivity index (χ0) is 19.0. The maximum atomic E-state index is 14.0. The van der Waals surface area contributed by atoms with Gasteiger partial charge in [-0.1, -0.05) is 18.2 Å². The van der Waals surface area contributed by atoms with Crippen molar-refractivity contribution in [3.05, 3.63) is 65.4 Å². The summed E-state index contributed by atoms with van der Waals surface area (Å²) >= 11 is 0. The van der Waals surface area contributed by atoms with Crippen molar-refractivity contribution in [3.8, 4) is 0 Å². The number of benzene rings is 2. The normalized spacial score (nSPS) is 14.0. The SMILES string of the molecule is Cc1cccc2c(Nc3ccc(F)cc3F)ncc(C(=O)N3CCCC3)c12. The van der Waals surface area contributed by atoms with Crippen LogP contribution < -0.4 is 5.32 Å². The Labute approximate surface area is 155 Å². The molecule has 0 radical (unpaired) electrons. The van der Waals surface area contributed by atoms with Crippen LogP contribution in [0.1, 0.15) is 28.8 Å². The molecule has 138 valence electrons. The highest BCUT2D eigenvalue weighted by atomic mass is 19.1. The van der Waals surface area contributed by atoms with E-state index in [-0.39, 0.29) is 11.6 Å². The molecule has 1 aromatic heterocycles. The van der Waals surface area contributed by atoms with Crippen LogP contribution in [0.3, 0.4) is 0 Å². The summed E-state index contributed by atoms with van der Waals surface area (Å²) in [5.74, 6) is -0.941. The van der Waals surface area contributed by atoms with Crippen molar-refractivity contribution in [1.29, 1.82) is 0 Å². The van der Waals surface area contributed by atoms with Crippen LogP contribution in [0, 0.1) is 18.6 Å². The second-order valence-electron chi connectivity index (χ2n) is 6.77. The molecule has 1 amide bonds. The van der Waals surface area contributed by atoms with E-state index in [9.17, 15) is 13.6 Å². The molecular weight excluding hydrogens is 348 g/mol. The molecule has 0 spiro atoms. The number of nitrogens with zero attached hydrogens (tertiary/aromatic N) is 2. The Balaban J connectivity index is 1.80. The van der Waals surface area contributed by atoms with Gasteiger partial charge in [0.2, 0.25) is 0 Å². The lowest BCUT2D eigenvalue weighted by molar-refractivity contribution is 0.0794. The Morgan fingerprint density at radius 3 is 2.67 bits per heavy atom. The molecule has 1 N–H and O–H groups in total. The van der Waals surface area contributed by atoms with Crippen molar-refractivity contribution in [1.82, 2.24) is 9.88 Å². The Bertz CT molecular complexity index is 1030. The van der Waals surface area contributed by atoms with Gasteiger partial charge in [0.1, 0.15) is 17.5 Å². The number of fused-ring (bicyclic) bond motifs is 1. The van der Waals surface area contributed by atoms with Crippen LogP contribution in [0.2, 0.25) is 0 Å². The van der Waals surface area contributed by atoms with E-state index in [0.717, 1.165) is 48.3 Å². The molecule has 0 aliphatic carbocycles. The molecule has 4 nitrogen and oxygen atoms in total. The number of aromatic nitrogens is 1. The minimum atomic E-state index is -0.699. The highest BCUT2D eigenvalue weighted by molar-refractivity contribution is 6.10. The molecule has 1 fully saturated rings. The molecule has 1 aliphatic rings. The number of aryl methyl sites for hydroxylation is 1. The van der Waals surface area contributed by atoms with Crippen LogP contribution in [0.25, 0.3) is 10.8 Å². The van der Waals surface area contributed by atoms with Gasteiger partial charge in [-0.05, 0) is 37.5 Å². The van der Waals surface area contributed by atoms with E-state index >= 15 is 0 Å². The van der Waals surface area contributed by atoms with Crippen molar-refractivity contribution < 1.29 is 13.6 Å². The third kappa shape index (κ3) is 3.23. The predicted octanol–water partition coefficient (Wildman–Crippen LogP) is 4.80. The van der Waals surface area contributed by atoms with Gasteiger partial charge in [-0.2, -0.15) is 0 Å². The first kappa shape index (κ1) is 17.4. The molecule has 4 rings (SSSR count). The topological polar surface area (TPSA) is 45.2 Å². The highest BCUT2D eigenvalue weighted by Gasteiger charge is 2.23. The van der Waals surface area contributed by atoms with Crippen LogP contribution in [-0.4, -0.2) is 28.9 Å². The van der Waals surface area contributed by atoms with Crippen LogP contribution in [0.15, 0.2) is 42.6 Å². The number of amides is 1. The van der Waals surface area contributed by atoms with Crippen molar-refractivity contribution >= 4 is 28.2 Å². The summed E-state index contributed by atoms with van der Waals surface area (Å²) in [4.78, 5) is 19.2. The predicted molar refractivity (Wildman–Crippen MR) is 101 cm³/mol. The van der Waals surface area contributed by atoms with Gasteiger partial charge in [0.25, 0.3) is 5.91 Å². The lowest BCUT2D eigenvalue weighted by Gasteiger charge is -2.18. The van der Waals surface area contributed by atoms with Crippen molar-refractivity contribution in [2.75, 3.05) is 18.4 Å². The van der Waals surface area contributed by atoms with Gasteiger partial charge >= 0.3 is 0 Å². The van der Waals surface area contributed by atoms with Gasteiger partial charge in [0.05, 0.1) is 11.3 Å². The molecule has 2 heterocycles. The van der Waals surface area contributed by atoms with Crippen LogP contribution in [0.4, 0.5) is 20.3 Å². The molecule has 0 bridgehead atoms. The molecule has 3 aromatic rings. The lowest BCUT2D eigenvalue weighted by Crippen LogP contribution is -2.28. The first-order valence-electron chi connectivity index (χ1n) is 8.94. The Hall–Kier alpha value is -3.02. The number of halogens is 2. The lowest BCUT2D eigenvalue weighted by atomic mass is 10.0. The van der Waals surface area contributed by atoms with Crippen molar-refractivity contribution in [3.63, 3.8) is 0 Å². The summed E-state index contributed by atoms with van der Waals surface area (Å²) in [5, 5.41) is 4.45. The molecule has 1 saturated heterocycles. The number of nitrogens with one attached hydrogen (secondary N) is 1. The summed E-state index contributed by atoms with van der Waals surface area (Å²) in [7, 11) is 0. The Kier molecular flexibility index (Phi) is 4.48. The number of carbonyl (C=O) groups excluding carboxylic acids is 1. The summed E-state index contributed by atoms with van der Waals surface area (Å²) in [6.07, 6.45) is 3.57. The van der Waals surface area contributed by atoms with E-state index < -0.39 is 11.6 Å². The molecule has 2 aromatic carbocycles. The second-order valence-corrected chi connectivity index (χ2v) is 6.77. The van der Waals surface area contributed by atoms with Gasteiger partial charge in [-0.25, -0.2) is 13.8 Å². The molecule has 0 unspecified atom stereocenters. The maximum Gasteiger partial charge on any atom is 0.256 e. The Morgan fingerprint density at radius 1 is 1.15 bits per heavy atom. The van der Waals surface area contributed by atoms with Crippen LogP contribution >= 0.6 is 0 Å². The second kappa shape index (κ2) is 6.95. The standard InChI is InChI=1S/C21H19F2N3O/c1-13-5-4-6-15-19(13)16(21(27)26-9-2-3-10-26)12-24-20(15)25-18-8-7-14(22)11-17(18)23/h4-8,11-12H,2-3,9-10H2,1H3,(H,24,25). The third-order valence-corrected chi connectivity index (χ3v) is 4.93. The summed E-state index contributed by atoms with van der Waals surface area (Å²) in [5.41, 5.74) is 1.63. The van der Waals surface area contributed by atoms with E-state index in [4.69, 9.17) is 0 Å². The zero-order valence-electron chi connectivity index (χ0n) is 14.9. The first-order chi connectivity index (χ1) is 13.0. The zero-order valence-corrected chi connectivity index (χ0v) is 14.9. The van der Waals surface area contributed by atoms with Gasteiger partial charge in [0.15, 0.2) is 0 Å². The fraction of sp³-hybridized carbons (Fsp3) is 0.238. The largest absolute Gasteiger partial charge is 0.339 e. The van der Waals surface area contributed by atoms with Gasteiger partial charge in [-0.15, -0.1) is 0 Å². The van der Waals surface area contributed by atoms with E-state index in [1.165, 1.54) is 12.1 Å². The monoisotopic (exact) mass is 367 g/mol. The minimum absolute atomic E-state index is 0.0289. The number of carbonyl (C=O) groups is 1. The smallest absolute Gasteiger partial charge is 0.256 e. The number of anilines is 2. The fourth-order valence-electron chi connectivity index (χ4n) is 3.56. The van der Waals surface area contributed by atoms with Crippen molar-refractivity contribution in [2.45, 2.75) is 19.8 Å². The van der Waals surface area contributed by atoms with Crippen LogP contribution in [-0.2, 0) is 0 Å². The molecule has 0 atom stereocenters. The highest BCUT2D eigenvalue weighted by Crippen LogP contribution is 2.31. The number of rotatable bonds is 3. The van der Waals surface area contributed by atoms with Crippen molar-refractivity contribution in [2.24, 2.45) is 0 Å². The van der Waals surface area contributed by atoms with E-state index in [1.54, 1.807) is 6.20 Å². The van der Waals surface area contributed by atoms with E-state index in [1.807, 2.05) is 30.0 Å². The number of hydrogen-bond donors (Lipinski definition) is 1. The summed E-state index contributed by atoms with van der Waals surface area (Å²) < 4.78 is 27.2. The van der Waals surface area contributed by atoms with E-state index in [2.05, 4.69) is 10.3 Å². The minimum Gasteiger partial charge on any atom is -0.339 e. The van der Waals surface area contributed by atoms with Gasteiger partial charge < -0.3 is 10.2 Å². The number of hydrogen-bond acceptors (Lipinski definition) is 3. The van der Waals surface area contributed by atoms with Gasteiger partial charge in [0, 0.05) is 36.1 Å². The summed E-state index contributed by atoms with van der Waals surface area (Å²) in [6.45, 7) is 3.45. The quantitative estimate of drug-likeness (QED) is 0.723. The average molecular weight is 367 g/mol. The fourth-order valence-corrected chi connectivity index (χ4v) is 3.56. The molecule has 1 aliphatic heterocycles.